The number of hydrogen-bond acceptors (Lipinski definition) is 4. The monoisotopic (exact) mass is 576 g/mol. The summed E-state index contributed by atoms with van der Waals surface area (Å²) in [5.74, 6) is 1.41. The van der Waals surface area contributed by atoms with E-state index in [9.17, 15) is 14.7 Å². The van der Waals surface area contributed by atoms with Crippen molar-refractivity contribution in [2.45, 2.75) is 49.6 Å². The second-order valence-electron chi connectivity index (χ2n) is 11.7. The Bertz CT molecular complexity index is 1560. The largest absolute Gasteiger partial charge is 0.508 e. The SMILES string of the molecule is CC1N(C)C(=O)CC1(c1ccccc1)c1ccc(O)cc1.COc1ccc(C2(c3ccccc3)CC(=O)N(C)C2C)cc1. The van der Waals surface area contributed by atoms with E-state index in [1.54, 1.807) is 19.2 Å². The van der Waals surface area contributed by atoms with Crippen molar-refractivity contribution in [2.24, 2.45) is 0 Å². The van der Waals surface area contributed by atoms with Crippen molar-refractivity contribution in [3.8, 4) is 11.5 Å². The molecule has 6 rings (SSSR count). The van der Waals surface area contributed by atoms with E-state index in [2.05, 4.69) is 50.2 Å². The molecule has 1 N–H and O–H groups in total. The Morgan fingerprint density at radius 1 is 0.605 bits per heavy atom. The van der Waals surface area contributed by atoms with Crippen LogP contribution < -0.4 is 4.74 Å². The molecular weight excluding hydrogens is 536 g/mol. The summed E-state index contributed by atoms with van der Waals surface area (Å²) in [6, 6.07) is 36.0. The number of rotatable bonds is 5. The Morgan fingerprint density at radius 3 is 1.28 bits per heavy atom. The van der Waals surface area contributed by atoms with Gasteiger partial charge >= 0.3 is 0 Å². The van der Waals surface area contributed by atoms with E-state index in [0.717, 1.165) is 22.4 Å². The van der Waals surface area contributed by atoms with E-state index < -0.39 is 0 Å². The van der Waals surface area contributed by atoms with Gasteiger partial charge in [-0.05, 0) is 60.4 Å². The molecule has 4 unspecified atom stereocenters. The fraction of sp³-hybridized carbons (Fsp3) is 0.297. The Morgan fingerprint density at radius 2 is 0.953 bits per heavy atom. The second-order valence-corrected chi connectivity index (χ2v) is 11.7. The van der Waals surface area contributed by atoms with Gasteiger partial charge in [-0.1, -0.05) is 84.9 Å². The highest BCUT2D eigenvalue weighted by Gasteiger charge is 2.51. The molecule has 2 amide bonds. The first-order chi connectivity index (χ1) is 20.6. The summed E-state index contributed by atoms with van der Waals surface area (Å²) in [6.07, 6.45) is 0.959. The van der Waals surface area contributed by atoms with E-state index in [0.29, 0.717) is 12.8 Å². The van der Waals surface area contributed by atoms with Crippen LogP contribution in [0.1, 0.15) is 48.9 Å². The molecule has 2 aliphatic rings. The highest BCUT2D eigenvalue weighted by atomic mass is 16.5. The molecule has 43 heavy (non-hydrogen) atoms. The van der Waals surface area contributed by atoms with Gasteiger partial charge in [-0.2, -0.15) is 0 Å². The number of amides is 2. The quantitative estimate of drug-likeness (QED) is 0.309. The minimum Gasteiger partial charge on any atom is -0.508 e. The number of carbonyl (C=O) groups is 2. The van der Waals surface area contributed by atoms with Crippen molar-refractivity contribution >= 4 is 11.8 Å². The van der Waals surface area contributed by atoms with Gasteiger partial charge in [-0.15, -0.1) is 0 Å². The first-order valence-electron chi connectivity index (χ1n) is 14.7. The topological polar surface area (TPSA) is 70.1 Å². The van der Waals surface area contributed by atoms with Crippen LogP contribution in [0.3, 0.4) is 0 Å². The minimum absolute atomic E-state index is 0.0666. The number of methoxy groups -OCH3 is 1. The maximum absolute atomic E-state index is 12.4. The summed E-state index contributed by atoms with van der Waals surface area (Å²) < 4.78 is 5.26. The summed E-state index contributed by atoms with van der Waals surface area (Å²) in [6.45, 7) is 4.22. The van der Waals surface area contributed by atoms with Crippen molar-refractivity contribution in [3.05, 3.63) is 131 Å². The highest BCUT2D eigenvalue weighted by Crippen LogP contribution is 2.47. The number of hydrogen-bond donors (Lipinski definition) is 1. The zero-order chi connectivity index (χ0) is 30.8. The maximum Gasteiger partial charge on any atom is 0.223 e. The predicted octanol–water partition coefficient (Wildman–Crippen LogP) is 6.16. The molecule has 2 heterocycles. The molecule has 0 aliphatic carbocycles. The van der Waals surface area contributed by atoms with Crippen molar-refractivity contribution in [1.82, 2.24) is 9.80 Å². The lowest BCUT2D eigenvalue weighted by Crippen LogP contribution is -2.40. The Kier molecular flexibility index (Phi) is 8.32. The molecule has 4 aromatic carbocycles. The van der Waals surface area contributed by atoms with Crippen LogP contribution in [0.5, 0.6) is 11.5 Å². The lowest BCUT2D eigenvalue weighted by atomic mass is 9.69. The molecule has 6 nitrogen and oxygen atoms in total. The molecule has 2 fully saturated rings. The lowest BCUT2D eigenvalue weighted by molar-refractivity contribution is -0.128. The number of benzene rings is 4. The zero-order valence-electron chi connectivity index (χ0n) is 25.5. The molecule has 222 valence electrons. The molecule has 2 aliphatic heterocycles. The Balaban J connectivity index is 0.000000171. The van der Waals surface area contributed by atoms with Gasteiger partial charge in [-0.25, -0.2) is 0 Å². The van der Waals surface area contributed by atoms with E-state index in [-0.39, 0.29) is 40.5 Å². The fourth-order valence-corrected chi connectivity index (χ4v) is 6.94. The van der Waals surface area contributed by atoms with Gasteiger partial charge in [0.1, 0.15) is 11.5 Å². The van der Waals surface area contributed by atoms with Crippen LogP contribution in [0.15, 0.2) is 109 Å². The molecular formula is C37H40N2O4. The van der Waals surface area contributed by atoms with Gasteiger partial charge in [0.05, 0.1) is 7.11 Å². The third kappa shape index (κ3) is 5.16. The average molecular weight is 577 g/mol. The highest BCUT2D eigenvalue weighted by molar-refractivity contribution is 5.83. The summed E-state index contributed by atoms with van der Waals surface area (Å²) in [4.78, 5) is 28.3. The van der Waals surface area contributed by atoms with Crippen molar-refractivity contribution in [2.75, 3.05) is 21.2 Å². The van der Waals surface area contributed by atoms with Crippen LogP contribution in [0.4, 0.5) is 0 Å². The van der Waals surface area contributed by atoms with Crippen molar-refractivity contribution < 1.29 is 19.4 Å². The Labute approximate surface area is 254 Å². The van der Waals surface area contributed by atoms with Gasteiger partial charge in [0.25, 0.3) is 0 Å². The number of aromatic hydroxyl groups is 1. The molecule has 0 spiro atoms. The maximum atomic E-state index is 12.4. The van der Waals surface area contributed by atoms with Crippen LogP contribution in [-0.2, 0) is 20.4 Å². The van der Waals surface area contributed by atoms with Gasteiger partial charge in [-0.3, -0.25) is 9.59 Å². The van der Waals surface area contributed by atoms with Crippen molar-refractivity contribution in [3.63, 3.8) is 0 Å². The number of nitrogens with zero attached hydrogens (tertiary/aromatic N) is 2. The van der Waals surface area contributed by atoms with E-state index >= 15 is 0 Å². The smallest absolute Gasteiger partial charge is 0.223 e. The van der Waals surface area contributed by atoms with Crippen LogP contribution in [-0.4, -0.2) is 60.0 Å². The molecule has 2 saturated heterocycles. The molecule has 0 radical (unpaired) electrons. The molecule has 4 atom stereocenters. The molecule has 6 heteroatoms. The van der Waals surface area contributed by atoms with E-state index in [1.807, 2.05) is 84.6 Å². The van der Waals surface area contributed by atoms with Crippen molar-refractivity contribution in [1.29, 1.82) is 0 Å². The summed E-state index contributed by atoms with van der Waals surface area (Å²) in [5.41, 5.74) is 3.88. The number of likely N-dealkylation sites (N-methyl/N-ethyl adjacent to an activating group) is 2. The average Bonchev–Trinajstić information content (AvgIpc) is 3.42. The summed E-state index contributed by atoms with van der Waals surface area (Å²) in [7, 11) is 5.41. The van der Waals surface area contributed by atoms with Crippen LogP contribution in [0, 0.1) is 0 Å². The number of phenols is 1. The normalized spacial score (nSPS) is 25.0. The Hall–Kier alpha value is -4.58. The van der Waals surface area contributed by atoms with Gasteiger partial charge < -0.3 is 19.6 Å². The van der Waals surface area contributed by atoms with Gasteiger partial charge in [0, 0.05) is 49.9 Å². The second kappa shape index (κ2) is 12.0. The molecule has 0 saturated carbocycles. The standard InChI is InChI=1S/C19H21NO2.C18H19NO2/c1-14-19(13-18(21)20(14)2,15-7-5-4-6-8-15)16-9-11-17(22-3)12-10-16;1-13-18(12-17(21)19(13)2,14-6-4-3-5-7-14)15-8-10-16(20)11-9-15/h4-12,14H,13H2,1-3H3;3-11,13,20H,12H2,1-2H3. The van der Waals surface area contributed by atoms with Crippen LogP contribution in [0.25, 0.3) is 0 Å². The summed E-state index contributed by atoms with van der Waals surface area (Å²) >= 11 is 0. The fourth-order valence-electron chi connectivity index (χ4n) is 6.94. The molecule has 0 bridgehead atoms. The predicted molar refractivity (Wildman–Crippen MR) is 169 cm³/mol. The number of likely N-dealkylation sites (tertiary alicyclic amines) is 2. The first-order valence-corrected chi connectivity index (χ1v) is 14.7. The van der Waals surface area contributed by atoms with Crippen LogP contribution in [0.2, 0.25) is 0 Å². The minimum atomic E-state index is -0.360. The zero-order valence-corrected chi connectivity index (χ0v) is 25.5. The van der Waals surface area contributed by atoms with E-state index in [4.69, 9.17) is 4.74 Å². The van der Waals surface area contributed by atoms with E-state index in [1.165, 1.54) is 5.56 Å². The molecule has 0 aromatic heterocycles. The number of carbonyl (C=O) groups excluding carboxylic acids is 2. The van der Waals surface area contributed by atoms with Gasteiger partial charge in [0.15, 0.2) is 0 Å². The lowest BCUT2D eigenvalue weighted by Gasteiger charge is -2.35. The van der Waals surface area contributed by atoms with Crippen LogP contribution >= 0.6 is 0 Å². The van der Waals surface area contributed by atoms with Gasteiger partial charge in [0.2, 0.25) is 11.8 Å². The summed E-state index contributed by atoms with van der Waals surface area (Å²) in [5, 5.41) is 9.55. The third-order valence-electron chi connectivity index (χ3n) is 9.80. The number of ether oxygens (including phenoxy) is 1. The molecule has 4 aromatic rings. The third-order valence-corrected chi connectivity index (χ3v) is 9.80. The first kappa shape index (κ1) is 29.9. The number of phenolic OH excluding ortho intramolecular Hbond substituents is 1.